The molecular weight excluding hydrogens is 308 g/mol. The summed E-state index contributed by atoms with van der Waals surface area (Å²) in [6, 6.07) is 1.53. The third-order valence-electron chi connectivity index (χ3n) is 4.79. The molecule has 2 saturated heterocycles. The van der Waals surface area contributed by atoms with Crippen LogP contribution in [-0.2, 0) is 9.53 Å². The third-order valence-corrected chi connectivity index (χ3v) is 4.79. The van der Waals surface area contributed by atoms with Crippen molar-refractivity contribution in [3.63, 3.8) is 0 Å². The molecule has 0 radical (unpaired) electrons. The molecule has 0 aromatic carbocycles. The lowest BCUT2D eigenvalue weighted by atomic mass is 9.94. The number of aliphatic carboxylic acids is 1. The predicted molar refractivity (Wildman–Crippen MR) is 91.3 cm³/mol. The Morgan fingerprint density at radius 1 is 1.42 bits per heavy atom. The van der Waals surface area contributed by atoms with Crippen molar-refractivity contribution in [1.29, 1.82) is 0 Å². The number of carbonyl (C=O) groups is 1. The number of aromatic nitrogens is 2. The Balaban J connectivity index is 1.74. The van der Waals surface area contributed by atoms with Crippen LogP contribution >= 0.6 is 0 Å². The summed E-state index contributed by atoms with van der Waals surface area (Å²) in [5.41, 5.74) is 0. The summed E-state index contributed by atoms with van der Waals surface area (Å²) in [7, 11) is 0. The van der Waals surface area contributed by atoms with E-state index in [1.165, 1.54) is 0 Å². The van der Waals surface area contributed by atoms with E-state index in [9.17, 15) is 9.90 Å². The van der Waals surface area contributed by atoms with Gasteiger partial charge < -0.3 is 20.1 Å². The molecule has 0 bridgehead atoms. The van der Waals surface area contributed by atoms with Gasteiger partial charge in [0.05, 0.1) is 12.1 Å². The van der Waals surface area contributed by atoms with Gasteiger partial charge in [-0.25, -0.2) is 9.78 Å². The number of nitrogens with one attached hydrogen (secondary N) is 1. The van der Waals surface area contributed by atoms with E-state index in [-0.39, 0.29) is 12.1 Å². The number of ether oxygens (including phenoxy) is 1. The highest BCUT2D eigenvalue weighted by molar-refractivity contribution is 5.78. The fourth-order valence-corrected chi connectivity index (χ4v) is 3.63. The molecule has 2 aliphatic rings. The van der Waals surface area contributed by atoms with Crippen LogP contribution in [-0.4, -0.2) is 52.4 Å². The second-order valence-electron chi connectivity index (χ2n) is 6.90. The molecule has 3 rings (SSSR count). The molecule has 1 aromatic heterocycles. The quantitative estimate of drug-likeness (QED) is 0.853. The highest BCUT2D eigenvalue weighted by Gasteiger charge is 2.33. The topological polar surface area (TPSA) is 87.6 Å². The minimum absolute atomic E-state index is 0.163. The maximum absolute atomic E-state index is 11.4. The van der Waals surface area contributed by atoms with Crippen LogP contribution in [0.15, 0.2) is 12.3 Å². The van der Waals surface area contributed by atoms with Gasteiger partial charge in [-0.2, -0.15) is 4.98 Å². The SMILES string of the molecule is CC(C)C1OCCCC1Nc1ccnc(N2CCCC2C(=O)O)n1. The molecule has 3 unspecified atom stereocenters. The van der Waals surface area contributed by atoms with Crippen molar-refractivity contribution in [1.82, 2.24) is 9.97 Å². The van der Waals surface area contributed by atoms with E-state index in [1.54, 1.807) is 11.1 Å². The van der Waals surface area contributed by atoms with Crippen LogP contribution in [0.1, 0.15) is 39.5 Å². The van der Waals surface area contributed by atoms with E-state index >= 15 is 0 Å². The van der Waals surface area contributed by atoms with E-state index in [1.807, 2.05) is 6.07 Å². The zero-order valence-electron chi connectivity index (χ0n) is 14.3. The van der Waals surface area contributed by atoms with Crippen LogP contribution < -0.4 is 10.2 Å². The Hall–Kier alpha value is -1.89. The Kier molecular flexibility index (Phi) is 5.18. The van der Waals surface area contributed by atoms with Crippen molar-refractivity contribution >= 4 is 17.7 Å². The smallest absolute Gasteiger partial charge is 0.326 e. The maximum atomic E-state index is 11.4. The molecule has 0 amide bonds. The molecule has 0 spiro atoms. The van der Waals surface area contributed by atoms with Crippen molar-refractivity contribution in [2.24, 2.45) is 5.92 Å². The summed E-state index contributed by atoms with van der Waals surface area (Å²) in [6.07, 6.45) is 5.42. The van der Waals surface area contributed by atoms with Gasteiger partial charge in [-0.05, 0) is 37.7 Å². The lowest BCUT2D eigenvalue weighted by Crippen LogP contribution is -2.43. The highest BCUT2D eigenvalue weighted by Crippen LogP contribution is 2.26. The van der Waals surface area contributed by atoms with Crippen molar-refractivity contribution in [2.75, 3.05) is 23.4 Å². The van der Waals surface area contributed by atoms with Crippen LogP contribution in [0.3, 0.4) is 0 Å². The van der Waals surface area contributed by atoms with E-state index in [4.69, 9.17) is 4.74 Å². The average Bonchev–Trinajstić information content (AvgIpc) is 3.05. The van der Waals surface area contributed by atoms with Gasteiger partial charge in [0.25, 0.3) is 0 Å². The van der Waals surface area contributed by atoms with E-state index < -0.39 is 12.0 Å². The first-order valence-corrected chi connectivity index (χ1v) is 8.77. The van der Waals surface area contributed by atoms with Crippen LogP contribution in [0, 0.1) is 5.92 Å². The largest absolute Gasteiger partial charge is 0.480 e. The summed E-state index contributed by atoms with van der Waals surface area (Å²) in [5, 5.41) is 12.8. The molecular formula is C17H26N4O3. The molecule has 2 N–H and O–H groups in total. The van der Waals surface area contributed by atoms with Crippen LogP contribution in [0.2, 0.25) is 0 Å². The van der Waals surface area contributed by atoms with Gasteiger partial charge in [0, 0.05) is 19.3 Å². The zero-order chi connectivity index (χ0) is 17.1. The molecule has 7 heteroatoms. The first-order valence-electron chi connectivity index (χ1n) is 8.77. The highest BCUT2D eigenvalue weighted by atomic mass is 16.5. The van der Waals surface area contributed by atoms with Gasteiger partial charge >= 0.3 is 5.97 Å². The van der Waals surface area contributed by atoms with E-state index in [0.717, 1.165) is 31.7 Å². The van der Waals surface area contributed by atoms with E-state index in [0.29, 0.717) is 24.8 Å². The molecule has 24 heavy (non-hydrogen) atoms. The molecule has 2 fully saturated rings. The monoisotopic (exact) mass is 334 g/mol. The normalized spacial score (nSPS) is 27.5. The van der Waals surface area contributed by atoms with Gasteiger partial charge in [-0.1, -0.05) is 13.8 Å². The number of rotatable bonds is 5. The first kappa shape index (κ1) is 17.0. The van der Waals surface area contributed by atoms with Gasteiger partial charge in [0.2, 0.25) is 5.95 Å². The lowest BCUT2D eigenvalue weighted by Gasteiger charge is -2.35. The van der Waals surface area contributed by atoms with Crippen LogP contribution in [0.4, 0.5) is 11.8 Å². The standard InChI is InChI=1S/C17H26N4O3/c1-11(2)15-12(5-4-10-24-15)19-14-7-8-18-17(20-14)21-9-3-6-13(21)16(22)23/h7-8,11-13,15H,3-6,9-10H2,1-2H3,(H,22,23)(H,18,19,20). The molecule has 7 nitrogen and oxygen atoms in total. The Labute approximate surface area is 142 Å². The number of nitrogens with zero attached hydrogens (tertiary/aromatic N) is 3. The minimum Gasteiger partial charge on any atom is -0.480 e. The van der Waals surface area contributed by atoms with Gasteiger partial charge in [-0.3, -0.25) is 0 Å². The fourth-order valence-electron chi connectivity index (χ4n) is 3.63. The van der Waals surface area contributed by atoms with Gasteiger partial charge in [0.1, 0.15) is 11.9 Å². The minimum atomic E-state index is -0.810. The molecule has 0 saturated carbocycles. The average molecular weight is 334 g/mol. The fraction of sp³-hybridized carbons (Fsp3) is 0.706. The Morgan fingerprint density at radius 2 is 2.25 bits per heavy atom. The zero-order valence-corrected chi connectivity index (χ0v) is 14.3. The second kappa shape index (κ2) is 7.34. The van der Waals surface area contributed by atoms with Crippen molar-refractivity contribution in [3.05, 3.63) is 12.3 Å². The molecule has 3 heterocycles. The summed E-state index contributed by atoms with van der Waals surface area (Å²) < 4.78 is 5.91. The number of hydrogen-bond acceptors (Lipinski definition) is 6. The Morgan fingerprint density at radius 3 is 3.00 bits per heavy atom. The second-order valence-corrected chi connectivity index (χ2v) is 6.90. The summed E-state index contributed by atoms with van der Waals surface area (Å²) >= 11 is 0. The number of hydrogen-bond donors (Lipinski definition) is 2. The van der Waals surface area contributed by atoms with Crippen LogP contribution in [0.25, 0.3) is 0 Å². The van der Waals surface area contributed by atoms with Crippen molar-refractivity contribution in [2.45, 2.75) is 57.7 Å². The van der Waals surface area contributed by atoms with Crippen LogP contribution in [0.5, 0.6) is 0 Å². The molecule has 132 valence electrons. The predicted octanol–water partition coefficient (Wildman–Crippen LogP) is 2.15. The summed E-state index contributed by atoms with van der Waals surface area (Å²) in [6.45, 7) is 5.82. The molecule has 3 atom stereocenters. The van der Waals surface area contributed by atoms with E-state index in [2.05, 4.69) is 29.1 Å². The first-order chi connectivity index (χ1) is 11.6. The summed E-state index contributed by atoms with van der Waals surface area (Å²) in [5.74, 6) is 0.842. The van der Waals surface area contributed by atoms with Crippen molar-refractivity contribution in [3.8, 4) is 0 Å². The molecule has 2 aliphatic heterocycles. The Bertz CT molecular complexity index is 581. The third kappa shape index (κ3) is 3.61. The number of carboxylic acids is 1. The lowest BCUT2D eigenvalue weighted by molar-refractivity contribution is -0.138. The molecule has 0 aliphatic carbocycles. The van der Waals surface area contributed by atoms with Gasteiger partial charge in [0.15, 0.2) is 0 Å². The maximum Gasteiger partial charge on any atom is 0.326 e. The van der Waals surface area contributed by atoms with Crippen molar-refractivity contribution < 1.29 is 14.6 Å². The number of anilines is 2. The van der Waals surface area contributed by atoms with Gasteiger partial charge in [-0.15, -0.1) is 0 Å². The summed E-state index contributed by atoms with van der Waals surface area (Å²) in [4.78, 5) is 22.0. The molecule has 1 aromatic rings. The number of carboxylic acid groups (broad SMARTS) is 1.